The van der Waals surface area contributed by atoms with Crippen LogP contribution in [0.2, 0.25) is 0 Å². The van der Waals surface area contributed by atoms with Gasteiger partial charge in [-0.05, 0) is 76.5 Å². The average Bonchev–Trinajstić information content (AvgIpc) is 3.25. The summed E-state index contributed by atoms with van der Waals surface area (Å²) in [5.41, 5.74) is 4.70. The van der Waals surface area contributed by atoms with Gasteiger partial charge in [0.15, 0.2) is 5.82 Å². The van der Waals surface area contributed by atoms with Crippen molar-refractivity contribution < 1.29 is 4.74 Å². The maximum Gasteiger partial charge on any atom is 0.180 e. The molecular formula is C22H28N4O. The van der Waals surface area contributed by atoms with Crippen LogP contribution >= 0.6 is 0 Å². The van der Waals surface area contributed by atoms with Gasteiger partial charge in [0.1, 0.15) is 11.5 Å². The van der Waals surface area contributed by atoms with Crippen LogP contribution in [0.5, 0.6) is 0 Å². The highest BCUT2D eigenvalue weighted by Crippen LogP contribution is 2.43. The molecule has 1 saturated heterocycles. The second-order valence-corrected chi connectivity index (χ2v) is 8.48. The Kier molecular flexibility index (Phi) is 4.15. The van der Waals surface area contributed by atoms with Crippen molar-refractivity contribution in [3.8, 4) is 11.5 Å². The van der Waals surface area contributed by atoms with Crippen LogP contribution in [-0.4, -0.2) is 39.7 Å². The molecular weight excluding hydrogens is 336 g/mol. The van der Waals surface area contributed by atoms with Gasteiger partial charge in [0.2, 0.25) is 0 Å². The first-order valence-electron chi connectivity index (χ1n) is 10.4. The van der Waals surface area contributed by atoms with Gasteiger partial charge in [-0.15, -0.1) is 0 Å². The van der Waals surface area contributed by atoms with Crippen molar-refractivity contribution >= 4 is 5.82 Å². The van der Waals surface area contributed by atoms with Crippen LogP contribution in [0, 0.1) is 6.92 Å². The SMILES string of the molecule is Cc1ccnc(-c2nc3c(c(N4CCCO[C@@H]5CCC[C@@]54C)n2)CCC3)c1. The summed E-state index contributed by atoms with van der Waals surface area (Å²) in [6, 6.07) is 4.11. The Morgan fingerprint density at radius 2 is 2.11 bits per heavy atom. The fourth-order valence-electron chi connectivity index (χ4n) is 5.15. The maximum absolute atomic E-state index is 6.23. The third-order valence-corrected chi connectivity index (χ3v) is 6.62. The Labute approximate surface area is 161 Å². The fraction of sp³-hybridized carbons (Fsp3) is 0.591. The molecule has 0 unspecified atom stereocenters. The molecule has 5 nitrogen and oxygen atoms in total. The minimum atomic E-state index is 0.0402. The largest absolute Gasteiger partial charge is 0.376 e. The van der Waals surface area contributed by atoms with Gasteiger partial charge in [-0.2, -0.15) is 0 Å². The van der Waals surface area contributed by atoms with Gasteiger partial charge in [-0.3, -0.25) is 4.98 Å². The molecule has 2 fully saturated rings. The van der Waals surface area contributed by atoms with E-state index in [0.717, 1.165) is 56.2 Å². The quantitative estimate of drug-likeness (QED) is 0.809. The standard InChI is InChI=1S/C22H28N4O/c1-15-9-11-23-18(14-15)20-24-17-7-3-6-16(17)21(25-20)26-12-5-13-27-19-8-4-10-22(19,26)2/h9,11,14,19H,3-8,10,12-13H2,1-2H3/t19-,22+/m1/s1. The van der Waals surface area contributed by atoms with E-state index in [2.05, 4.69) is 29.8 Å². The molecule has 1 saturated carbocycles. The average molecular weight is 364 g/mol. The molecule has 0 radical (unpaired) electrons. The Balaban J connectivity index is 1.65. The van der Waals surface area contributed by atoms with Crippen molar-refractivity contribution in [2.24, 2.45) is 0 Å². The van der Waals surface area contributed by atoms with Crippen LogP contribution in [0.4, 0.5) is 5.82 Å². The predicted octanol–water partition coefficient (Wildman–Crippen LogP) is 3.87. The van der Waals surface area contributed by atoms with E-state index in [9.17, 15) is 0 Å². The maximum atomic E-state index is 6.23. The summed E-state index contributed by atoms with van der Waals surface area (Å²) in [7, 11) is 0. The number of ether oxygens (including phenoxy) is 1. The van der Waals surface area contributed by atoms with E-state index in [1.54, 1.807) is 0 Å². The minimum absolute atomic E-state index is 0.0402. The molecule has 2 aliphatic carbocycles. The highest BCUT2D eigenvalue weighted by Gasteiger charge is 2.47. The van der Waals surface area contributed by atoms with Crippen LogP contribution in [0.1, 0.15) is 55.8 Å². The second-order valence-electron chi connectivity index (χ2n) is 8.48. The molecule has 0 N–H and O–H groups in total. The molecule has 0 amide bonds. The van der Waals surface area contributed by atoms with Crippen molar-refractivity contribution in [3.05, 3.63) is 35.2 Å². The first-order chi connectivity index (χ1) is 13.1. The summed E-state index contributed by atoms with van der Waals surface area (Å²) in [4.78, 5) is 17.2. The van der Waals surface area contributed by atoms with Crippen molar-refractivity contribution in [3.63, 3.8) is 0 Å². The summed E-state index contributed by atoms with van der Waals surface area (Å²) in [5.74, 6) is 1.92. The first-order valence-corrected chi connectivity index (χ1v) is 10.4. The van der Waals surface area contributed by atoms with Gasteiger partial charge in [0, 0.05) is 30.6 Å². The third-order valence-electron chi connectivity index (χ3n) is 6.62. The number of hydrogen-bond donors (Lipinski definition) is 0. The first kappa shape index (κ1) is 17.1. The van der Waals surface area contributed by atoms with E-state index in [0.29, 0.717) is 6.10 Å². The molecule has 27 heavy (non-hydrogen) atoms. The normalized spacial score (nSPS) is 27.3. The second kappa shape index (κ2) is 6.55. The van der Waals surface area contributed by atoms with Crippen LogP contribution in [0.25, 0.3) is 11.5 Å². The molecule has 142 valence electrons. The number of aromatic nitrogens is 3. The number of rotatable bonds is 2. The summed E-state index contributed by atoms with van der Waals surface area (Å²) in [5, 5.41) is 0. The van der Waals surface area contributed by atoms with E-state index in [1.807, 2.05) is 12.3 Å². The highest BCUT2D eigenvalue weighted by atomic mass is 16.5. The Hall–Kier alpha value is -2.01. The summed E-state index contributed by atoms with van der Waals surface area (Å²) in [6.45, 7) is 6.34. The van der Waals surface area contributed by atoms with E-state index in [1.165, 1.54) is 36.1 Å². The molecule has 0 aromatic carbocycles. The molecule has 3 heterocycles. The summed E-state index contributed by atoms with van der Waals surface area (Å²) in [6.07, 6.45) is 10.1. The minimum Gasteiger partial charge on any atom is -0.376 e. The van der Waals surface area contributed by atoms with Gasteiger partial charge < -0.3 is 9.64 Å². The lowest BCUT2D eigenvalue weighted by Crippen LogP contribution is -2.52. The Bertz CT molecular complexity index is 867. The van der Waals surface area contributed by atoms with E-state index >= 15 is 0 Å². The molecule has 5 rings (SSSR count). The number of hydrogen-bond acceptors (Lipinski definition) is 5. The Morgan fingerprint density at radius 1 is 1.19 bits per heavy atom. The Morgan fingerprint density at radius 3 is 3.00 bits per heavy atom. The van der Waals surface area contributed by atoms with Gasteiger partial charge in [-0.25, -0.2) is 9.97 Å². The van der Waals surface area contributed by atoms with Crippen LogP contribution in [0.15, 0.2) is 18.3 Å². The molecule has 1 aliphatic heterocycles. The monoisotopic (exact) mass is 364 g/mol. The van der Waals surface area contributed by atoms with Crippen molar-refractivity contribution in [2.75, 3.05) is 18.1 Å². The zero-order valence-corrected chi connectivity index (χ0v) is 16.4. The lowest BCUT2D eigenvalue weighted by atomic mass is 9.94. The van der Waals surface area contributed by atoms with Crippen molar-refractivity contribution in [2.45, 2.75) is 70.4 Å². The predicted molar refractivity (Wildman–Crippen MR) is 106 cm³/mol. The van der Waals surface area contributed by atoms with Gasteiger partial charge in [-0.1, -0.05) is 0 Å². The molecule has 2 aromatic heterocycles. The van der Waals surface area contributed by atoms with Crippen LogP contribution in [0.3, 0.4) is 0 Å². The topological polar surface area (TPSA) is 51.1 Å². The number of pyridine rings is 1. The molecule has 2 aromatic rings. The van der Waals surface area contributed by atoms with Crippen molar-refractivity contribution in [1.82, 2.24) is 15.0 Å². The van der Waals surface area contributed by atoms with E-state index in [-0.39, 0.29) is 5.54 Å². The van der Waals surface area contributed by atoms with Gasteiger partial charge >= 0.3 is 0 Å². The zero-order chi connectivity index (χ0) is 18.4. The molecule has 0 spiro atoms. The fourth-order valence-corrected chi connectivity index (χ4v) is 5.15. The van der Waals surface area contributed by atoms with Crippen LogP contribution in [-0.2, 0) is 17.6 Å². The van der Waals surface area contributed by atoms with Gasteiger partial charge in [0.25, 0.3) is 0 Å². The molecule has 3 aliphatic rings. The van der Waals surface area contributed by atoms with Crippen LogP contribution < -0.4 is 4.90 Å². The number of fused-ring (bicyclic) bond motifs is 2. The van der Waals surface area contributed by atoms with E-state index < -0.39 is 0 Å². The van der Waals surface area contributed by atoms with Crippen molar-refractivity contribution in [1.29, 1.82) is 0 Å². The zero-order valence-electron chi connectivity index (χ0n) is 16.4. The number of anilines is 1. The summed E-state index contributed by atoms with van der Waals surface area (Å²) >= 11 is 0. The van der Waals surface area contributed by atoms with E-state index in [4.69, 9.17) is 14.7 Å². The smallest absolute Gasteiger partial charge is 0.180 e. The summed E-state index contributed by atoms with van der Waals surface area (Å²) < 4.78 is 6.23. The highest BCUT2D eigenvalue weighted by molar-refractivity contribution is 5.60. The molecule has 5 heteroatoms. The number of nitrogens with zero attached hydrogens (tertiary/aromatic N) is 4. The lowest BCUT2D eigenvalue weighted by Gasteiger charge is -2.42. The number of aryl methyl sites for hydroxylation is 2. The van der Waals surface area contributed by atoms with Gasteiger partial charge in [0.05, 0.1) is 11.6 Å². The molecule has 2 atom stereocenters. The third kappa shape index (κ3) is 2.83. The lowest BCUT2D eigenvalue weighted by molar-refractivity contribution is 0.0332. The molecule has 0 bridgehead atoms.